The van der Waals surface area contributed by atoms with Crippen molar-refractivity contribution in [1.29, 1.82) is 0 Å². The minimum Gasteiger partial charge on any atom is -0.247 e. The van der Waals surface area contributed by atoms with Gasteiger partial charge >= 0.3 is 12.4 Å². The number of hydrogen-bond acceptors (Lipinski definition) is 0. The summed E-state index contributed by atoms with van der Waals surface area (Å²) in [4.78, 5) is 0. The monoisotopic (exact) mass is 226 g/mol. The zero-order chi connectivity index (χ0) is 11.4. The average molecular weight is 226 g/mol. The summed E-state index contributed by atoms with van der Waals surface area (Å²) in [5.41, 5.74) is -8.91. The first kappa shape index (κ1) is 11.3. The standard InChI is InChI=1S/C6H2F8/c7-1-4(8)2(5(9,10)11)3(4)6(12,13)14/h1H2. The summed E-state index contributed by atoms with van der Waals surface area (Å²) in [5, 5.41) is 0. The molecule has 0 saturated carbocycles. The van der Waals surface area contributed by atoms with Crippen LogP contribution in [0.5, 0.6) is 0 Å². The zero-order valence-electron chi connectivity index (χ0n) is 6.23. The van der Waals surface area contributed by atoms with E-state index in [2.05, 4.69) is 0 Å². The Balaban J connectivity index is 3.08. The fourth-order valence-corrected chi connectivity index (χ4v) is 1.16. The molecule has 0 nitrogen and oxygen atoms in total. The highest BCUT2D eigenvalue weighted by molar-refractivity contribution is 5.58. The molecule has 0 N–H and O–H groups in total. The van der Waals surface area contributed by atoms with Crippen molar-refractivity contribution in [2.24, 2.45) is 0 Å². The summed E-state index contributed by atoms with van der Waals surface area (Å²) in [6.45, 7) is -2.35. The van der Waals surface area contributed by atoms with Crippen molar-refractivity contribution in [1.82, 2.24) is 0 Å². The Hall–Kier alpha value is -0.820. The Labute approximate surface area is 72.2 Å². The van der Waals surface area contributed by atoms with Gasteiger partial charge in [0, 0.05) is 0 Å². The highest BCUT2D eigenvalue weighted by Gasteiger charge is 2.73. The van der Waals surface area contributed by atoms with Gasteiger partial charge in [0.15, 0.2) is 5.67 Å². The van der Waals surface area contributed by atoms with Crippen LogP contribution in [0.1, 0.15) is 0 Å². The molecule has 0 spiro atoms. The molecule has 14 heavy (non-hydrogen) atoms. The molecule has 1 aliphatic rings. The van der Waals surface area contributed by atoms with Gasteiger partial charge in [0.25, 0.3) is 0 Å². The molecule has 0 aliphatic heterocycles. The molecule has 0 saturated heterocycles. The lowest BCUT2D eigenvalue weighted by Crippen LogP contribution is -2.22. The van der Waals surface area contributed by atoms with Crippen molar-refractivity contribution in [2.45, 2.75) is 18.0 Å². The van der Waals surface area contributed by atoms with Gasteiger partial charge in [-0.25, -0.2) is 8.78 Å². The van der Waals surface area contributed by atoms with Crippen LogP contribution in [0.4, 0.5) is 35.1 Å². The smallest absolute Gasteiger partial charge is 0.247 e. The number of hydrogen-bond donors (Lipinski definition) is 0. The van der Waals surface area contributed by atoms with Crippen LogP contribution in [-0.4, -0.2) is 24.7 Å². The minimum atomic E-state index is -5.48. The van der Waals surface area contributed by atoms with E-state index in [1.165, 1.54) is 0 Å². The molecule has 0 aromatic carbocycles. The third kappa shape index (κ3) is 1.46. The molecule has 0 aromatic rings. The Morgan fingerprint density at radius 1 is 0.857 bits per heavy atom. The number of rotatable bonds is 1. The van der Waals surface area contributed by atoms with Crippen molar-refractivity contribution in [3.05, 3.63) is 11.1 Å². The topological polar surface area (TPSA) is 0 Å². The Morgan fingerprint density at radius 2 is 1.14 bits per heavy atom. The van der Waals surface area contributed by atoms with Gasteiger partial charge in [0.05, 0.1) is 11.1 Å². The molecular formula is C6H2F8. The van der Waals surface area contributed by atoms with Gasteiger partial charge in [0.1, 0.15) is 6.67 Å². The third-order valence-corrected chi connectivity index (χ3v) is 1.73. The predicted octanol–water partition coefficient (Wildman–Crippen LogP) is 3.10. The van der Waals surface area contributed by atoms with Crippen LogP contribution in [0.15, 0.2) is 11.1 Å². The van der Waals surface area contributed by atoms with E-state index in [-0.39, 0.29) is 0 Å². The molecule has 1 aliphatic carbocycles. The lowest BCUT2D eigenvalue weighted by molar-refractivity contribution is -0.0981. The normalized spacial score (nSPS) is 21.4. The summed E-state index contributed by atoms with van der Waals surface area (Å²) in [7, 11) is 0. The first-order valence-electron chi connectivity index (χ1n) is 3.19. The first-order valence-corrected chi connectivity index (χ1v) is 3.19. The SMILES string of the molecule is FCC1(F)C(C(F)(F)F)=C1C(F)(F)F. The predicted molar refractivity (Wildman–Crippen MR) is 28.9 cm³/mol. The van der Waals surface area contributed by atoms with E-state index >= 15 is 0 Å². The Bertz CT molecular complexity index is 255. The second-order valence-electron chi connectivity index (χ2n) is 2.68. The molecule has 0 heterocycles. The van der Waals surface area contributed by atoms with Crippen LogP contribution in [-0.2, 0) is 0 Å². The summed E-state index contributed by atoms with van der Waals surface area (Å²) in [5.74, 6) is 0. The van der Waals surface area contributed by atoms with Crippen molar-refractivity contribution in [3.8, 4) is 0 Å². The van der Waals surface area contributed by atoms with Crippen LogP contribution in [0, 0.1) is 0 Å². The van der Waals surface area contributed by atoms with Crippen LogP contribution >= 0.6 is 0 Å². The molecule has 82 valence electrons. The van der Waals surface area contributed by atoms with E-state index in [0.717, 1.165) is 0 Å². The van der Waals surface area contributed by atoms with Crippen molar-refractivity contribution >= 4 is 0 Å². The maximum absolute atomic E-state index is 12.7. The third-order valence-electron chi connectivity index (χ3n) is 1.73. The van der Waals surface area contributed by atoms with E-state index < -0.39 is 35.8 Å². The van der Waals surface area contributed by atoms with Gasteiger partial charge in [-0.1, -0.05) is 0 Å². The first-order chi connectivity index (χ1) is 6.05. The van der Waals surface area contributed by atoms with Gasteiger partial charge in [-0.05, 0) is 0 Å². The van der Waals surface area contributed by atoms with Crippen LogP contribution in [0.3, 0.4) is 0 Å². The molecule has 0 amide bonds. The van der Waals surface area contributed by atoms with Gasteiger partial charge in [-0.2, -0.15) is 26.3 Å². The van der Waals surface area contributed by atoms with E-state index in [1.807, 2.05) is 0 Å². The fourth-order valence-electron chi connectivity index (χ4n) is 1.16. The molecule has 0 radical (unpaired) electrons. The largest absolute Gasteiger partial charge is 0.416 e. The van der Waals surface area contributed by atoms with Crippen molar-refractivity contribution in [2.75, 3.05) is 6.67 Å². The van der Waals surface area contributed by atoms with Gasteiger partial charge in [-0.15, -0.1) is 0 Å². The van der Waals surface area contributed by atoms with E-state index in [0.29, 0.717) is 0 Å². The van der Waals surface area contributed by atoms with Crippen molar-refractivity contribution in [3.63, 3.8) is 0 Å². The highest BCUT2D eigenvalue weighted by atomic mass is 19.4. The number of allylic oxidation sites excluding steroid dienone is 2. The molecule has 0 bridgehead atoms. The minimum absolute atomic E-state index is 2.35. The second-order valence-corrected chi connectivity index (χ2v) is 2.68. The van der Waals surface area contributed by atoms with Crippen LogP contribution in [0.25, 0.3) is 0 Å². The summed E-state index contributed by atoms with van der Waals surface area (Å²) >= 11 is 0. The lowest BCUT2D eigenvalue weighted by Gasteiger charge is -2.07. The molecule has 1 rings (SSSR count). The van der Waals surface area contributed by atoms with Gasteiger partial charge in [-0.3, -0.25) is 0 Å². The average Bonchev–Trinajstić information content (AvgIpc) is 2.56. The summed E-state index contributed by atoms with van der Waals surface area (Å²) in [6.07, 6.45) is -11.0. The van der Waals surface area contributed by atoms with Crippen LogP contribution < -0.4 is 0 Å². The maximum atomic E-state index is 12.7. The van der Waals surface area contributed by atoms with Crippen molar-refractivity contribution < 1.29 is 35.1 Å². The van der Waals surface area contributed by atoms with Gasteiger partial charge in [0.2, 0.25) is 0 Å². The second kappa shape index (κ2) is 2.60. The maximum Gasteiger partial charge on any atom is 0.416 e. The highest BCUT2D eigenvalue weighted by Crippen LogP contribution is 2.61. The van der Waals surface area contributed by atoms with Gasteiger partial charge < -0.3 is 0 Å². The molecule has 0 fully saturated rings. The molecule has 0 atom stereocenters. The number of alkyl halides is 8. The van der Waals surface area contributed by atoms with Crippen LogP contribution in [0.2, 0.25) is 0 Å². The molecule has 0 aromatic heterocycles. The van der Waals surface area contributed by atoms with E-state index in [4.69, 9.17) is 0 Å². The quantitative estimate of drug-likeness (QED) is 0.476. The zero-order valence-corrected chi connectivity index (χ0v) is 6.23. The van der Waals surface area contributed by atoms with E-state index in [1.54, 1.807) is 0 Å². The van der Waals surface area contributed by atoms with E-state index in [9.17, 15) is 35.1 Å². The Morgan fingerprint density at radius 3 is 1.21 bits per heavy atom. The molecular weight excluding hydrogens is 224 g/mol. The summed E-state index contributed by atoms with van der Waals surface area (Å²) < 4.78 is 94.8. The molecule has 8 heteroatoms. The summed E-state index contributed by atoms with van der Waals surface area (Å²) in [6, 6.07) is 0. The number of halogens is 8. The lowest BCUT2D eigenvalue weighted by atomic mass is 10.2. The fraction of sp³-hybridized carbons (Fsp3) is 0.667. The molecule has 0 unspecified atom stereocenters. The Kier molecular flexibility index (Phi) is 2.09.